The van der Waals surface area contributed by atoms with Crippen LogP contribution in [0.3, 0.4) is 0 Å². The molecule has 6 nitrogen and oxygen atoms in total. The van der Waals surface area contributed by atoms with E-state index in [0.29, 0.717) is 16.2 Å². The average Bonchev–Trinajstić information content (AvgIpc) is 2.66. The van der Waals surface area contributed by atoms with Crippen LogP contribution >= 0.6 is 0 Å². The predicted octanol–water partition coefficient (Wildman–Crippen LogP) is 4.98. The number of nitrogens with zero attached hydrogens (tertiary/aromatic N) is 2. The third-order valence-electron chi connectivity index (χ3n) is 4.25. The van der Waals surface area contributed by atoms with Crippen molar-refractivity contribution in [3.05, 3.63) is 72.8 Å². The average molecular weight is 401 g/mol. The van der Waals surface area contributed by atoms with Gasteiger partial charge in [-0.1, -0.05) is 60.7 Å². The van der Waals surface area contributed by atoms with Gasteiger partial charge in [0.25, 0.3) is 10.1 Å². The van der Waals surface area contributed by atoms with E-state index in [4.69, 9.17) is 0 Å². The number of azo groups is 1. The van der Waals surface area contributed by atoms with Gasteiger partial charge in [0, 0.05) is 40.3 Å². The minimum absolute atomic E-state index is 0. The number of benzene rings is 4. The zero-order valence-corrected chi connectivity index (χ0v) is 17.8. The zero-order chi connectivity index (χ0) is 19.0. The van der Waals surface area contributed by atoms with Crippen molar-refractivity contribution in [3.8, 4) is 5.75 Å². The molecule has 0 bridgehead atoms. The minimum Gasteiger partial charge on any atom is -0.506 e. The first-order valence-corrected chi connectivity index (χ1v) is 9.51. The molecular formula is C20H14N2NaO4S. The smallest absolute Gasteiger partial charge is 0.297 e. The van der Waals surface area contributed by atoms with Crippen LogP contribution in [0.25, 0.3) is 21.5 Å². The van der Waals surface area contributed by atoms with Crippen molar-refractivity contribution in [2.75, 3.05) is 0 Å². The summed E-state index contributed by atoms with van der Waals surface area (Å²) in [7, 11) is -4.53. The molecule has 0 aliphatic heterocycles. The first-order valence-electron chi connectivity index (χ1n) is 8.07. The molecule has 0 aliphatic carbocycles. The molecule has 0 spiro atoms. The molecule has 0 saturated heterocycles. The van der Waals surface area contributed by atoms with Gasteiger partial charge < -0.3 is 5.11 Å². The van der Waals surface area contributed by atoms with Crippen molar-refractivity contribution in [1.82, 2.24) is 0 Å². The molecule has 0 heterocycles. The number of hydrogen-bond acceptors (Lipinski definition) is 5. The molecule has 0 saturated carbocycles. The molecule has 0 unspecified atom stereocenters. The van der Waals surface area contributed by atoms with Gasteiger partial charge in [-0.2, -0.15) is 8.42 Å². The molecule has 4 aromatic carbocycles. The summed E-state index contributed by atoms with van der Waals surface area (Å²) in [5, 5.41) is 20.8. The fraction of sp³-hybridized carbons (Fsp3) is 0. The Balaban J connectivity index is 0.00000225. The third-order valence-corrected chi connectivity index (χ3v) is 5.20. The van der Waals surface area contributed by atoms with E-state index in [1.54, 1.807) is 48.5 Å². The Hall–Kier alpha value is -2.29. The molecule has 0 amide bonds. The van der Waals surface area contributed by atoms with Crippen molar-refractivity contribution in [1.29, 1.82) is 0 Å². The van der Waals surface area contributed by atoms with Gasteiger partial charge in [-0.05, 0) is 22.9 Å². The van der Waals surface area contributed by atoms with Crippen LogP contribution in [0, 0.1) is 0 Å². The van der Waals surface area contributed by atoms with Gasteiger partial charge >= 0.3 is 0 Å². The minimum atomic E-state index is -4.53. The topological polar surface area (TPSA) is 99.3 Å². The van der Waals surface area contributed by atoms with Gasteiger partial charge in [-0.15, -0.1) is 10.2 Å². The van der Waals surface area contributed by atoms with E-state index in [2.05, 4.69) is 10.2 Å². The molecule has 0 aromatic heterocycles. The van der Waals surface area contributed by atoms with E-state index in [-0.39, 0.29) is 51.6 Å². The SMILES string of the molecule is O=S(=O)(O)c1c(N=Nc2c(O)ccc3ccccc23)ccc2ccccc12.[Na]. The Morgan fingerprint density at radius 2 is 1.29 bits per heavy atom. The Kier molecular flexibility index (Phi) is 5.83. The normalized spacial score (nSPS) is 11.8. The second-order valence-corrected chi connectivity index (χ2v) is 7.32. The van der Waals surface area contributed by atoms with Gasteiger partial charge in [-0.3, -0.25) is 4.55 Å². The van der Waals surface area contributed by atoms with Crippen LogP contribution in [0.2, 0.25) is 0 Å². The van der Waals surface area contributed by atoms with Gasteiger partial charge in [0.1, 0.15) is 22.0 Å². The van der Waals surface area contributed by atoms with Gasteiger partial charge in [-0.25, -0.2) is 0 Å². The number of phenols is 1. The quantitative estimate of drug-likeness (QED) is 0.287. The second-order valence-electron chi connectivity index (χ2n) is 5.96. The summed E-state index contributed by atoms with van der Waals surface area (Å²) in [5.41, 5.74) is 0.214. The van der Waals surface area contributed by atoms with E-state index in [0.717, 1.165) is 5.39 Å². The van der Waals surface area contributed by atoms with E-state index in [9.17, 15) is 18.1 Å². The zero-order valence-electron chi connectivity index (χ0n) is 14.9. The summed E-state index contributed by atoms with van der Waals surface area (Å²) < 4.78 is 33.6. The van der Waals surface area contributed by atoms with E-state index >= 15 is 0 Å². The Morgan fingerprint density at radius 3 is 1.96 bits per heavy atom. The molecule has 1 radical (unpaired) electrons. The molecule has 135 valence electrons. The molecule has 0 atom stereocenters. The molecule has 0 fully saturated rings. The first kappa shape index (κ1) is 20.4. The van der Waals surface area contributed by atoms with Crippen LogP contribution in [0.1, 0.15) is 0 Å². The number of fused-ring (bicyclic) bond motifs is 2. The fourth-order valence-corrected chi connectivity index (χ4v) is 3.87. The summed E-state index contributed by atoms with van der Waals surface area (Å²) in [5.74, 6) is -0.0772. The molecular weight excluding hydrogens is 387 g/mol. The van der Waals surface area contributed by atoms with Crippen LogP contribution < -0.4 is 0 Å². The Morgan fingerprint density at radius 1 is 0.714 bits per heavy atom. The van der Waals surface area contributed by atoms with Crippen molar-refractivity contribution in [2.45, 2.75) is 4.90 Å². The number of phenolic OH excluding ortho intramolecular Hbond substituents is 1. The summed E-state index contributed by atoms with van der Waals surface area (Å²) >= 11 is 0. The summed E-state index contributed by atoms with van der Waals surface area (Å²) in [6.45, 7) is 0. The number of rotatable bonds is 3. The monoisotopic (exact) mass is 401 g/mol. The maximum absolute atomic E-state index is 12.0. The maximum atomic E-state index is 12.0. The van der Waals surface area contributed by atoms with Crippen molar-refractivity contribution < 1.29 is 18.1 Å². The molecule has 4 rings (SSSR count). The largest absolute Gasteiger partial charge is 0.506 e. The van der Waals surface area contributed by atoms with E-state index in [1.165, 1.54) is 12.1 Å². The molecule has 2 N–H and O–H groups in total. The molecule has 0 aliphatic rings. The summed E-state index contributed by atoms with van der Waals surface area (Å²) in [6, 6.07) is 20.5. The van der Waals surface area contributed by atoms with Crippen molar-refractivity contribution in [2.24, 2.45) is 10.2 Å². The Bertz CT molecular complexity index is 1320. The molecule has 4 aromatic rings. The molecule has 28 heavy (non-hydrogen) atoms. The predicted molar refractivity (Wildman–Crippen MR) is 109 cm³/mol. The van der Waals surface area contributed by atoms with Crippen LogP contribution in [0.4, 0.5) is 11.4 Å². The van der Waals surface area contributed by atoms with E-state index in [1.807, 2.05) is 12.1 Å². The third kappa shape index (κ3) is 3.80. The van der Waals surface area contributed by atoms with Gasteiger partial charge in [0.2, 0.25) is 0 Å². The van der Waals surface area contributed by atoms with E-state index < -0.39 is 10.1 Å². The summed E-state index contributed by atoms with van der Waals surface area (Å²) in [4.78, 5) is -0.316. The maximum Gasteiger partial charge on any atom is 0.297 e. The van der Waals surface area contributed by atoms with Crippen LogP contribution in [-0.2, 0) is 10.1 Å². The fourth-order valence-electron chi connectivity index (χ4n) is 3.03. The van der Waals surface area contributed by atoms with Gasteiger partial charge in [0.05, 0.1) is 0 Å². The van der Waals surface area contributed by atoms with Crippen molar-refractivity contribution >= 4 is 72.6 Å². The van der Waals surface area contributed by atoms with Gasteiger partial charge in [0.15, 0.2) is 0 Å². The summed E-state index contributed by atoms with van der Waals surface area (Å²) in [6.07, 6.45) is 0. The number of hydrogen-bond donors (Lipinski definition) is 2. The molecule has 8 heteroatoms. The Labute approximate surface area is 183 Å². The van der Waals surface area contributed by atoms with Crippen LogP contribution in [-0.4, -0.2) is 47.6 Å². The second kappa shape index (κ2) is 7.98. The van der Waals surface area contributed by atoms with Crippen molar-refractivity contribution in [3.63, 3.8) is 0 Å². The van der Waals surface area contributed by atoms with Crippen LogP contribution in [0.15, 0.2) is 87.9 Å². The van der Waals surface area contributed by atoms with Crippen LogP contribution in [0.5, 0.6) is 5.75 Å². The first-order chi connectivity index (χ1) is 12.9. The standard InChI is InChI=1S/C20H14N2O4S.Na/c23-18-12-10-13-5-1-3-7-15(13)19(18)22-21-17-11-9-14-6-2-4-8-16(14)20(17)27(24,25)26;/h1-12,23H,(H,24,25,26);. The number of aromatic hydroxyl groups is 1.